The lowest BCUT2D eigenvalue weighted by atomic mass is 10.1. The van der Waals surface area contributed by atoms with E-state index in [1.54, 1.807) is 0 Å². The molecule has 21 nitrogen and oxygen atoms in total. The average Bonchev–Trinajstić information content (AvgIpc) is 0.685. The highest BCUT2D eigenvalue weighted by molar-refractivity contribution is 7.84. The minimum absolute atomic E-state index is 0.179. The molecule has 3 unspecified atom stereocenters. The number of hydrogen-bond acceptors (Lipinski definition) is 19. The predicted molar refractivity (Wildman–Crippen MR) is 212 cm³/mol. The summed E-state index contributed by atoms with van der Waals surface area (Å²) in [6, 6.07) is -34.2. The lowest BCUT2D eigenvalue weighted by Gasteiger charge is -2.52. The predicted octanol–water partition coefficient (Wildman–Crippen LogP) is 11.8. The summed E-state index contributed by atoms with van der Waals surface area (Å²) >= 11 is 0. The average molecular weight is 1720 g/mol. The summed E-state index contributed by atoms with van der Waals surface area (Å²) in [6.07, 6.45) is -42.5. The van der Waals surface area contributed by atoms with Crippen molar-refractivity contribution in [2.75, 3.05) is 80.3 Å². The highest BCUT2D eigenvalue weighted by Crippen LogP contribution is 2.62. The largest absolute Gasteiger partial charge is 0.790 e. The van der Waals surface area contributed by atoms with Crippen molar-refractivity contribution in [1.29, 1.82) is 0 Å². The molecular weight excluding hydrogens is 1690 g/mol. The van der Waals surface area contributed by atoms with Gasteiger partial charge in [-0.1, -0.05) is 33.6 Å². The zero-order valence-electron chi connectivity index (χ0n) is 46.0. The first kappa shape index (κ1) is 113. The van der Waals surface area contributed by atoms with Crippen LogP contribution in [-0.4, -0.2) is 223 Å². The van der Waals surface area contributed by atoms with Crippen molar-refractivity contribution >= 4 is 36.5 Å². The minimum Gasteiger partial charge on any atom is -0.790 e. The molecule has 1 N–H and O–H groups in total. The second-order valence-corrected chi connectivity index (χ2v) is 19.7. The summed E-state index contributed by atoms with van der Waals surface area (Å²) in [7, 11) is -19.6. The maximum absolute atomic E-state index is 13.3. The highest BCUT2D eigenvalue weighted by Gasteiger charge is 2.92. The number of morpholine rings is 1. The van der Waals surface area contributed by atoms with E-state index >= 15 is 0 Å². The number of phosphoric ester groups is 2. The fraction of sp³-hybridized carbons (Fsp3) is 1.00. The van der Waals surface area contributed by atoms with Crippen LogP contribution in [0.5, 0.6) is 0 Å². The standard InChI is InChI=1S/C7H2F13NO.C5H4F9N.C4H4F6O.C4H10FNO6S2.C3H2F7N.C2H2F5N.C2H2F4.2CH4FO4P/c8-1-21-6(17,18)2(9,4(11,12)13)22-3(10,5(14,15)16)7(21,19)20;6-1-3(8,9)15(5(12,13)14)4(10,11)2-7;5-1-3(7,8)11-4(9,10)2-6;1-2-6(13(5,7)8)3-4-12-14(9,10)11;4-2(5,6)1-3(7,8)11(9)10;3-1-2(4,5)8(6)7;3-1-2(4,5)6;2*2-1-6-7(3,4)5/h1H2;1-2H2;1-2H2;2-4H2,1H3,(H,9,10,11);1H2;1H2;1H2;2*1H2,(H2,3,4,5)/p-4. The van der Waals surface area contributed by atoms with Crippen molar-refractivity contribution in [3.05, 3.63) is 0 Å². The van der Waals surface area contributed by atoms with Crippen molar-refractivity contribution in [3.8, 4) is 0 Å². The smallest absolute Gasteiger partial charge is 0.469 e. The van der Waals surface area contributed by atoms with Crippen molar-refractivity contribution < 1.29 is 279 Å². The third kappa shape index (κ3) is 46.9. The van der Waals surface area contributed by atoms with E-state index in [0.29, 0.717) is 4.31 Å². The molecule has 0 saturated carbocycles. The van der Waals surface area contributed by atoms with Crippen LogP contribution in [0.4, 0.5) is 206 Å². The number of ether oxygens (including phenoxy) is 2. The number of rotatable bonds is 23. The molecule has 1 aliphatic rings. The molecule has 0 aromatic rings. The van der Waals surface area contributed by atoms with Gasteiger partial charge >= 0.3 is 102 Å². The van der Waals surface area contributed by atoms with Crippen molar-refractivity contribution in [1.82, 2.24) is 24.8 Å². The van der Waals surface area contributed by atoms with Crippen LogP contribution in [0.2, 0.25) is 0 Å². The van der Waals surface area contributed by atoms with Crippen LogP contribution < -0.4 is 14.7 Å². The molecule has 1 rings (SSSR count). The van der Waals surface area contributed by atoms with E-state index in [-0.39, 0.29) is 6.54 Å². The van der Waals surface area contributed by atoms with Crippen LogP contribution in [0.15, 0.2) is 0 Å². The third-order valence-corrected chi connectivity index (χ3v) is 9.64. The maximum Gasteiger partial charge on any atom is 0.469 e. The monoisotopic (exact) mass is 1720 g/mol. The zero-order valence-corrected chi connectivity index (χ0v) is 49.4. The van der Waals surface area contributed by atoms with Crippen LogP contribution in [0.3, 0.4) is 0 Å². The zero-order chi connectivity index (χ0) is 84.1. The molecule has 0 amide bonds. The Bertz CT molecular complexity index is 2510. The van der Waals surface area contributed by atoms with Gasteiger partial charge in [-0.2, -0.15) is 158 Å². The number of hydrogen-bond donors (Lipinski definition) is 1. The summed E-state index contributed by atoms with van der Waals surface area (Å²) in [4.78, 5) is 29.8. The first-order chi connectivity index (χ1) is 43.7. The third-order valence-electron chi connectivity index (χ3n) is 7.29. The Morgan fingerprint density at radius 2 is 0.812 bits per heavy atom. The Morgan fingerprint density at radius 1 is 0.505 bits per heavy atom. The summed E-state index contributed by atoms with van der Waals surface area (Å²) in [5, 5.41) is -5.23. The first-order valence-electron chi connectivity index (χ1n) is 21.4. The molecule has 3 atom stereocenters. The summed E-state index contributed by atoms with van der Waals surface area (Å²) < 4.78 is 631. The topological polar surface area (TPSA) is 277 Å². The van der Waals surface area contributed by atoms with E-state index in [1.807, 2.05) is 4.74 Å². The molecule has 0 aromatic heterocycles. The van der Waals surface area contributed by atoms with Gasteiger partial charge in [0.2, 0.25) is 10.4 Å². The van der Waals surface area contributed by atoms with Gasteiger partial charge in [0.15, 0.2) is 60.6 Å². The van der Waals surface area contributed by atoms with Gasteiger partial charge in [-0.05, 0) is 0 Å². The van der Waals surface area contributed by atoms with Crippen LogP contribution in [0.25, 0.3) is 0 Å². The summed E-state index contributed by atoms with van der Waals surface area (Å²) in [5.41, 5.74) is 0. The van der Waals surface area contributed by atoms with E-state index in [1.165, 1.54) is 6.92 Å². The van der Waals surface area contributed by atoms with Gasteiger partial charge in [-0.25, -0.2) is 47.9 Å². The summed E-state index contributed by atoms with van der Waals surface area (Å²) in [5.74, 6) is -13.8. The van der Waals surface area contributed by atoms with E-state index < -0.39 is 228 Å². The van der Waals surface area contributed by atoms with Gasteiger partial charge in [-0.3, -0.25) is 22.7 Å². The van der Waals surface area contributed by atoms with E-state index in [9.17, 15) is 251 Å². The second-order valence-electron chi connectivity index (χ2n) is 15.0. The lowest BCUT2D eigenvalue weighted by molar-refractivity contribution is -0.579. The molecule has 1 heterocycles. The van der Waals surface area contributed by atoms with Gasteiger partial charge in [0.05, 0.1) is 25.1 Å². The number of phosphoric acid groups is 2. The number of nitrogens with zero attached hydrogens (tertiary/aromatic N) is 5. The molecule has 1 saturated heterocycles. The molecule has 0 aromatic carbocycles. The molecule has 1 fully saturated rings. The Hall–Kier alpha value is -3.53. The van der Waals surface area contributed by atoms with Gasteiger partial charge < -0.3 is 33.2 Å². The Morgan fingerprint density at radius 3 is 0.941 bits per heavy atom. The molecule has 0 bridgehead atoms. The van der Waals surface area contributed by atoms with Gasteiger partial charge in [0, 0.05) is 13.1 Å². The maximum atomic E-state index is 13.3. The Labute approximate surface area is 525 Å². The molecule has 72 heteroatoms. The van der Waals surface area contributed by atoms with Crippen molar-refractivity contribution in [2.45, 2.75) is 105 Å². The minimum atomic E-state index is -7.11. The lowest BCUT2D eigenvalue weighted by Crippen LogP contribution is -2.81. The number of likely N-dealkylation sites (N-methyl/N-ethyl adjacent to an activating group) is 1. The molecule has 0 radical (unpaired) electrons. The van der Waals surface area contributed by atoms with Crippen LogP contribution in [0, 0.1) is 0 Å². The molecule has 1 aliphatic heterocycles. The second kappa shape index (κ2) is 42.7. The number of halogens is 47. The SMILES string of the molecule is CCN(CCOS(=O)(=O)[O-])S(=O)(=O)F.FCC(F)(F)F.FCC(F)(F)N(C(F)(F)F)C(F)(F)CF.FCC(F)(F)N(F)F.FCC(F)(F)OC(F)(F)CF.FCN1C(F)(F)C(F)(C(F)(F)F)OC(F)(C(F)(F)F)C1(F)F.FN(F)C(F)(F)CC(F)(F)F.O=P([O-])(O)OCF.O=P([O-])([O-])OCF. The fourth-order valence-corrected chi connectivity index (χ4v) is 4.70. The fourth-order valence-electron chi connectivity index (χ4n) is 3.58. The van der Waals surface area contributed by atoms with E-state index in [0.717, 1.165) is 0 Å². The first-order valence-corrected chi connectivity index (χ1v) is 27.0. The van der Waals surface area contributed by atoms with Gasteiger partial charge in [0.1, 0.15) is 6.42 Å². The number of alkyl halides is 42. The van der Waals surface area contributed by atoms with Crippen LogP contribution in [0.1, 0.15) is 13.3 Å². The molecule has 101 heavy (non-hydrogen) atoms. The van der Waals surface area contributed by atoms with Crippen molar-refractivity contribution in [3.63, 3.8) is 0 Å². The normalized spacial score (nSPS) is 18.9. The molecule has 0 spiro atoms. The highest BCUT2D eigenvalue weighted by atomic mass is 32.3. The van der Waals surface area contributed by atoms with Gasteiger partial charge in [0.25, 0.3) is 7.82 Å². The molecule has 622 valence electrons. The molecular formula is C29H30F47N5O16P2S2-4. The quantitative estimate of drug-likeness (QED) is 0.0189. The Balaban J connectivity index is -0.000000166. The van der Waals surface area contributed by atoms with Crippen molar-refractivity contribution in [2.24, 2.45) is 0 Å². The van der Waals surface area contributed by atoms with Crippen LogP contribution >= 0.6 is 15.6 Å². The summed E-state index contributed by atoms with van der Waals surface area (Å²) in [6.45, 7) is -22.1. The Kier molecular flexibility index (Phi) is 47.9. The molecule has 0 aliphatic carbocycles. The van der Waals surface area contributed by atoms with Gasteiger partial charge in [-0.15, -0.1) is 4.90 Å². The van der Waals surface area contributed by atoms with E-state index in [2.05, 4.69) is 18.0 Å². The van der Waals surface area contributed by atoms with Crippen LogP contribution in [-0.2, 0) is 52.6 Å². The van der Waals surface area contributed by atoms with E-state index in [4.69, 9.17) is 4.89 Å².